The predicted octanol–water partition coefficient (Wildman–Crippen LogP) is 5.90. The smallest absolute Gasteiger partial charge is 0.410 e. The first kappa shape index (κ1) is 18.8. The molecular formula is C25H29NO2. The molecule has 3 nitrogen and oxygen atoms in total. The Bertz CT molecular complexity index is 800. The van der Waals surface area contributed by atoms with Crippen LogP contribution in [0.3, 0.4) is 0 Å². The van der Waals surface area contributed by atoms with Gasteiger partial charge in [0.15, 0.2) is 0 Å². The van der Waals surface area contributed by atoms with Gasteiger partial charge in [0.05, 0.1) is 6.04 Å². The molecule has 0 aliphatic carbocycles. The summed E-state index contributed by atoms with van der Waals surface area (Å²) in [6.07, 6.45) is 10.1. The van der Waals surface area contributed by atoms with E-state index in [9.17, 15) is 4.79 Å². The first-order valence-corrected chi connectivity index (χ1v) is 10.5. The first-order chi connectivity index (χ1) is 13.8. The van der Waals surface area contributed by atoms with Crippen LogP contribution in [0.25, 0.3) is 0 Å². The van der Waals surface area contributed by atoms with E-state index in [1.165, 1.54) is 24.0 Å². The molecule has 0 spiro atoms. The van der Waals surface area contributed by atoms with Gasteiger partial charge in [0.1, 0.15) is 6.61 Å². The van der Waals surface area contributed by atoms with Crippen LogP contribution in [0.15, 0.2) is 72.3 Å². The van der Waals surface area contributed by atoms with E-state index in [1.807, 2.05) is 35.2 Å². The van der Waals surface area contributed by atoms with Gasteiger partial charge in [0, 0.05) is 6.04 Å². The number of carbonyl (C=O) groups excluding carboxylic acids is 1. The molecule has 0 aromatic heterocycles. The molecule has 2 bridgehead atoms. The van der Waals surface area contributed by atoms with Crippen LogP contribution in [0, 0.1) is 0 Å². The number of aryl methyl sites for hydroxylation is 1. The molecule has 2 atom stereocenters. The maximum Gasteiger partial charge on any atom is 0.410 e. The van der Waals surface area contributed by atoms with E-state index < -0.39 is 0 Å². The molecule has 1 fully saturated rings. The number of carbonyl (C=O) groups is 1. The molecule has 28 heavy (non-hydrogen) atoms. The van der Waals surface area contributed by atoms with Crippen molar-refractivity contribution in [2.75, 3.05) is 0 Å². The minimum atomic E-state index is -0.157. The van der Waals surface area contributed by atoms with E-state index in [0.717, 1.165) is 37.7 Å². The van der Waals surface area contributed by atoms with E-state index in [-0.39, 0.29) is 12.1 Å². The summed E-state index contributed by atoms with van der Waals surface area (Å²) in [5.74, 6) is 0. The largest absolute Gasteiger partial charge is 0.445 e. The van der Waals surface area contributed by atoms with Crippen molar-refractivity contribution in [2.45, 2.75) is 63.6 Å². The standard InChI is InChI=1S/C25H29NO2/c27-25(28-19-21-12-5-2-6-13-21)26-23-15-16-24(26)18-22(17-23)14-8-7-11-20-9-3-1-4-10-20/h1-6,9-10,12-13,17,23-24H,7-8,11,14-16,18-19H2. The third-order valence-electron chi connectivity index (χ3n) is 5.94. The van der Waals surface area contributed by atoms with Crippen LogP contribution in [0.2, 0.25) is 0 Å². The molecule has 2 aliphatic rings. The van der Waals surface area contributed by atoms with Crippen molar-refractivity contribution in [3.8, 4) is 0 Å². The summed E-state index contributed by atoms with van der Waals surface area (Å²) in [5, 5.41) is 0. The summed E-state index contributed by atoms with van der Waals surface area (Å²) in [4.78, 5) is 14.6. The minimum Gasteiger partial charge on any atom is -0.445 e. The molecule has 2 unspecified atom stereocenters. The van der Waals surface area contributed by atoms with Crippen molar-refractivity contribution in [2.24, 2.45) is 0 Å². The van der Waals surface area contributed by atoms with E-state index >= 15 is 0 Å². The molecule has 0 N–H and O–H groups in total. The number of unbranched alkanes of at least 4 members (excludes halogenated alkanes) is 1. The number of rotatable bonds is 7. The number of benzene rings is 2. The van der Waals surface area contributed by atoms with Crippen LogP contribution in [0.5, 0.6) is 0 Å². The van der Waals surface area contributed by atoms with Gasteiger partial charge in [-0.25, -0.2) is 4.79 Å². The number of ether oxygens (including phenoxy) is 1. The van der Waals surface area contributed by atoms with E-state index in [1.54, 1.807) is 0 Å². The Morgan fingerprint density at radius 3 is 2.29 bits per heavy atom. The Labute approximate surface area is 168 Å². The highest BCUT2D eigenvalue weighted by Crippen LogP contribution is 2.37. The number of fused-ring (bicyclic) bond motifs is 2. The van der Waals surface area contributed by atoms with Gasteiger partial charge < -0.3 is 4.74 Å². The fourth-order valence-electron chi connectivity index (χ4n) is 4.51. The molecule has 146 valence electrons. The SMILES string of the molecule is O=C(OCc1ccccc1)N1C2C=C(CCCCc3ccccc3)CC1CC2. The van der Waals surface area contributed by atoms with Crippen molar-refractivity contribution in [1.29, 1.82) is 0 Å². The summed E-state index contributed by atoms with van der Waals surface area (Å²) in [5.41, 5.74) is 4.00. The zero-order valence-electron chi connectivity index (χ0n) is 16.4. The molecule has 2 aromatic rings. The highest BCUT2D eigenvalue weighted by molar-refractivity contribution is 5.70. The van der Waals surface area contributed by atoms with Crippen LogP contribution in [-0.4, -0.2) is 23.1 Å². The maximum atomic E-state index is 12.6. The van der Waals surface area contributed by atoms with Crippen LogP contribution in [-0.2, 0) is 17.8 Å². The average Bonchev–Trinajstić information content (AvgIpc) is 3.01. The van der Waals surface area contributed by atoms with E-state index in [0.29, 0.717) is 12.6 Å². The lowest BCUT2D eigenvalue weighted by Crippen LogP contribution is -2.43. The van der Waals surface area contributed by atoms with E-state index in [2.05, 4.69) is 36.4 Å². The maximum absolute atomic E-state index is 12.6. The van der Waals surface area contributed by atoms with Gasteiger partial charge in [-0.2, -0.15) is 0 Å². The summed E-state index contributed by atoms with van der Waals surface area (Å²) >= 11 is 0. The van der Waals surface area contributed by atoms with Crippen LogP contribution in [0.4, 0.5) is 4.79 Å². The summed E-state index contributed by atoms with van der Waals surface area (Å²) in [6, 6.07) is 21.2. The van der Waals surface area contributed by atoms with Crippen molar-refractivity contribution >= 4 is 6.09 Å². The minimum absolute atomic E-state index is 0.157. The third-order valence-corrected chi connectivity index (χ3v) is 5.94. The highest BCUT2D eigenvalue weighted by atomic mass is 16.6. The fourth-order valence-corrected chi connectivity index (χ4v) is 4.51. The molecule has 3 heteroatoms. The lowest BCUT2D eigenvalue weighted by atomic mass is 9.96. The number of hydrogen-bond acceptors (Lipinski definition) is 2. The van der Waals surface area contributed by atoms with Crippen molar-refractivity contribution < 1.29 is 9.53 Å². The lowest BCUT2D eigenvalue weighted by molar-refractivity contribution is 0.0814. The first-order valence-electron chi connectivity index (χ1n) is 10.5. The number of nitrogens with zero attached hydrogens (tertiary/aromatic N) is 1. The average molecular weight is 376 g/mol. The normalized spacial score (nSPS) is 20.7. The van der Waals surface area contributed by atoms with Gasteiger partial charge in [-0.15, -0.1) is 0 Å². The zero-order chi connectivity index (χ0) is 19.2. The van der Waals surface area contributed by atoms with Crippen molar-refractivity contribution in [3.05, 3.63) is 83.4 Å². The molecule has 0 radical (unpaired) electrons. The summed E-state index contributed by atoms with van der Waals surface area (Å²) < 4.78 is 5.59. The summed E-state index contributed by atoms with van der Waals surface area (Å²) in [6.45, 7) is 0.353. The summed E-state index contributed by atoms with van der Waals surface area (Å²) in [7, 11) is 0. The molecule has 0 saturated carbocycles. The van der Waals surface area contributed by atoms with Crippen LogP contribution < -0.4 is 0 Å². The Morgan fingerprint density at radius 2 is 1.57 bits per heavy atom. The number of hydrogen-bond donors (Lipinski definition) is 0. The van der Waals surface area contributed by atoms with Crippen molar-refractivity contribution in [1.82, 2.24) is 4.90 Å². The van der Waals surface area contributed by atoms with Crippen LogP contribution >= 0.6 is 0 Å². The molecule has 1 saturated heterocycles. The van der Waals surface area contributed by atoms with E-state index in [4.69, 9.17) is 4.74 Å². The lowest BCUT2D eigenvalue weighted by Gasteiger charge is -2.33. The molecule has 2 heterocycles. The topological polar surface area (TPSA) is 29.5 Å². The van der Waals surface area contributed by atoms with Gasteiger partial charge in [-0.05, 0) is 56.1 Å². The number of amides is 1. The molecule has 2 aliphatic heterocycles. The Hall–Kier alpha value is -2.55. The van der Waals surface area contributed by atoms with Crippen LogP contribution in [0.1, 0.15) is 49.7 Å². The van der Waals surface area contributed by atoms with Gasteiger partial charge in [-0.1, -0.05) is 72.3 Å². The molecular weight excluding hydrogens is 346 g/mol. The second-order valence-electron chi connectivity index (χ2n) is 7.97. The second-order valence-corrected chi connectivity index (χ2v) is 7.97. The quantitative estimate of drug-likeness (QED) is 0.445. The van der Waals surface area contributed by atoms with Gasteiger partial charge in [-0.3, -0.25) is 4.90 Å². The third kappa shape index (κ3) is 4.64. The van der Waals surface area contributed by atoms with Gasteiger partial charge in [0.25, 0.3) is 0 Å². The van der Waals surface area contributed by atoms with Gasteiger partial charge in [0.2, 0.25) is 0 Å². The Balaban J connectivity index is 1.25. The van der Waals surface area contributed by atoms with Gasteiger partial charge >= 0.3 is 6.09 Å². The molecule has 1 amide bonds. The Kier molecular flexibility index (Phi) is 6.11. The monoisotopic (exact) mass is 375 g/mol. The zero-order valence-corrected chi connectivity index (χ0v) is 16.4. The molecule has 4 rings (SSSR count). The Morgan fingerprint density at radius 1 is 0.893 bits per heavy atom. The second kappa shape index (κ2) is 9.09. The highest BCUT2D eigenvalue weighted by Gasteiger charge is 2.40. The van der Waals surface area contributed by atoms with Crippen molar-refractivity contribution in [3.63, 3.8) is 0 Å². The fraction of sp³-hybridized carbons (Fsp3) is 0.400. The predicted molar refractivity (Wildman–Crippen MR) is 112 cm³/mol. The molecule has 2 aromatic carbocycles.